The van der Waals surface area contributed by atoms with E-state index in [2.05, 4.69) is 46.9 Å². The Kier molecular flexibility index (Phi) is 4.86. The van der Waals surface area contributed by atoms with Crippen molar-refractivity contribution >= 4 is 5.82 Å². The van der Waals surface area contributed by atoms with E-state index in [1.165, 1.54) is 19.5 Å². The number of pyridine rings is 1. The molecule has 1 unspecified atom stereocenters. The first kappa shape index (κ1) is 15.9. The molecule has 0 saturated carbocycles. The SMILES string of the molecule is CCc1cc(N(C)CC2CCN(C)C2)nc(-c2ccncc2)n1. The largest absolute Gasteiger partial charge is 0.359 e. The lowest BCUT2D eigenvalue weighted by Crippen LogP contribution is -2.28. The van der Waals surface area contributed by atoms with Crippen molar-refractivity contribution in [2.75, 3.05) is 38.6 Å². The van der Waals surface area contributed by atoms with Crippen molar-refractivity contribution in [3.63, 3.8) is 0 Å². The first-order valence-electron chi connectivity index (χ1n) is 8.33. The van der Waals surface area contributed by atoms with Crippen molar-refractivity contribution in [2.24, 2.45) is 5.92 Å². The van der Waals surface area contributed by atoms with Crippen LogP contribution in [0.3, 0.4) is 0 Å². The highest BCUT2D eigenvalue weighted by Gasteiger charge is 2.21. The van der Waals surface area contributed by atoms with Gasteiger partial charge < -0.3 is 9.80 Å². The van der Waals surface area contributed by atoms with Crippen LogP contribution >= 0.6 is 0 Å². The number of nitrogens with zero attached hydrogens (tertiary/aromatic N) is 5. The summed E-state index contributed by atoms with van der Waals surface area (Å²) >= 11 is 0. The van der Waals surface area contributed by atoms with Crippen LogP contribution in [0.4, 0.5) is 5.82 Å². The van der Waals surface area contributed by atoms with Gasteiger partial charge in [-0.25, -0.2) is 9.97 Å². The van der Waals surface area contributed by atoms with Gasteiger partial charge in [-0.1, -0.05) is 6.92 Å². The average molecular weight is 311 g/mol. The lowest BCUT2D eigenvalue weighted by Gasteiger charge is -2.23. The number of aryl methyl sites for hydroxylation is 1. The lowest BCUT2D eigenvalue weighted by atomic mass is 10.1. The molecule has 0 radical (unpaired) electrons. The molecule has 0 spiro atoms. The molecule has 122 valence electrons. The van der Waals surface area contributed by atoms with Crippen molar-refractivity contribution in [1.29, 1.82) is 0 Å². The van der Waals surface area contributed by atoms with Gasteiger partial charge in [-0.15, -0.1) is 0 Å². The molecule has 0 aliphatic carbocycles. The number of anilines is 1. The van der Waals surface area contributed by atoms with Crippen LogP contribution < -0.4 is 4.90 Å². The van der Waals surface area contributed by atoms with E-state index >= 15 is 0 Å². The normalized spacial score (nSPS) is 18.3. The third kappa shape index (κ3) is 3.85. The molecule has 1 aliphatic rings. The Morgan fingerprint density at radius 3 is 2.70 bits per heavy atom. The topological polar surface area (TPSA) is 45.2 Å². The maximum atomic E-state index is 4.79. The van der Waals surface area contributed by atoms with Crippen LogP contribution in [-0.4, -0.2) is 53.6 Å². The molecule has 23 heavy (non-hydrogen) atoms. The number of rotatable bonds is 5. The van der Waals surface area contributed by atoms with Crippen LogP contribution in [0.25, 0.3) is 11.4 Å². The Bertz CT molecular complexity index is 643. The summed E-state index contributed by atoms with van der Waals surface area (Å²) in [6.45, 7) is 5.55. The van der Waals surface area contributed by atoms with E-state index < -0.39 is 0 Å². The summed E-state index contributed by atoms with van der Waals surface area (Å²) < 4.78 is 0. The van der Waals surface area contributed by atoms with Gasteiger partial charge in [0.1, 0.15) is 5.82 Å². The van der Waals surface area contributed by atoms with Crippen LogP contribution in [0.15, 0.2) is 30.6 Å². The quantitative estimate of drug-likeness (QED) is 0.849. The van der Waals surface area contributed by atoms with Gasteiger partial charge in [-0.05, 0) is 44.5 Å². The summed E-state index contributed by atoms with van der Waals surface area (Å²) in [4.78, 5) is 18.2. The van der Waals surface area contributed by atoms with E-state index in [-0.39, 0.29) is 0 Å². The Hall–Kier alpha value is -2.01. The summed E-state index contributed by atoms with van der Waals surface area (Å²) in [7, 11) is 4.33. The van der Waals surface area contributed by atoms with Gasteiger partial charge in [-0.2, -0.15) is 0 Å². The molecule has 3 heterocycles. The Balaban J connectivity index is 1.83. The Morgan fingerprint density at radius 1 is 1.26 bits per heavy atom. The van der Waals surface area contributed by atoms with Crippen molar-refractivity contribution < 1.29 is 0 Å². The van der Waals surface area contributed by atoms with Crippen LogP contribution in [0.2, 0.25) is 0 Å². The number of hydrogen-bond acceptors (Lipinski definition) is 5. The maximum Gasteiger partial charge on any atom is 0.161 e. The molecule has 1 aliphatic heterocycles. The van der Waals surface area contributed by atoms with E-state index in [9.17, 15) is 0 Å². The summed E-state index contributed by atoms with van der Waals surface area (Å²) in [6.07, 6.45) is 5.75. The highest BCUT2D eigenvalue weighted by molar-refractivity contribution is 5.57. The second-order valence-electron chi connectivity index (χ2n) is 6.43. The minimum Gasteiger partial charge on any atom is -0.359 e. The van der Waals surface area contributed by atoms with E-state index in [1.807, 2.05) is 12.1 Å². The minimum atomic E-state index is 0.717. The molecule has 5 heteroatoms. The number of likely N-dealkylation sites (tertiary alicyclic amines) is 1. The molecule has 2 aromatic rings. The zero-order valence-corrected chi connectivity index (χ0v) is 14.2. The minimum absolute atomic E-state index is 0.717. The fourth-order valence-electron chi connectivity index (χ4n) is 3.15. The smallest absolute Gasteiger partial charge is 0.161 e. The van der Waals surface area contributed by atoms with Crippen LogP contribution in [0, 0.1) is 5.92 Å². The third-order valence-electron chi connectivity index (χ3n) is 4.48. The Labute approximate surface area is 138 Å². The molecule has 5 nitrogen and oxygen atoms in total. The fraction of sp³-hybridized carbons (Fsp3) is 0.500. The monoisotopic (exact) mass is 311 g/mol. The number of hydrogen-bond donors (Lipinski definition) is 0. The molecule has 0 bridgehead atoms. The second kappa shape index (κ2) is 7.04. The van der Waals surface area contributed by atoms with Gasteiger partial charge in [-0.3, -0.25) is 4.98 Å². The van der Waals surface area contributed by atoms with Gasteiger partial charge in [0.25, 0.3) is 0 Å². The standard InChI is InChI=1S/C18H25N5/c1-4-16-11-17(23(3)13-14-7-10-22(2)12-14)21-18(20-16)15-5-8-19-9-6-15/h5-6,8-9,11,14H,4,7,10,12-13H2,1-3H3. The number of aromatic nitrogens is 3. The summed E-state index contributed by atoms with van der Waals surface area (Å²) in [6, 6.07) is 6.04. The van der Waals surface area contributed by atoms with Crippen molar-refractivity contribution in [3.8, 4) is 11.4 Å². The summed E-state index contributed by atoms with van der Waals surface area (Å²) in [5, 5.41) is 0. The van der Waals surface area contributed by atoms with Gasteiger partial charge >= 0.3 is 0 Å². The molecule has 0 amide bonds. The molecule has 0 aromatic carbocycles. The maximum absolute atomic E-state index is 4.79. The molecular formula is C18H25N5. The zero-order chi connectivity index (χ0) is 16.2. The molecular weight excluding hydrogens is 286 g/mol. The molecule has 2 aromatic heterocycles. The molecule has 3 rings (SSSR count). The fourth-order valence-corrected chi connectivity index (χ4v) is 3.15. The zero-order valence-electron chi connectivity index (χ0n) is 14.2. The first-order chi connectivity index (χ1) is 11.2. The van der Waals surface area contributed by atoms with E-state index in [4.69, 9.17) is 4.98 Å². The van der Waals surface area contributed by atoms with Gasteiger partial charge in [0.05, 0.1) is 0 Å². The van der Waals surface area contributed by atoms with E-state index in [0.29, 0.717) is 0 Å². The first-order valence-corrected chi connectivity index (χ1v) is 8.33. The predicted octanol–water partition coefficient (Wildman–Crippen LogP) is 2.49. The average Bonchev–Trinajstić information content (AvgIpc) is 3.00. The third-order valence-corrected chi connectivity index (χ3v) is 4.48. The molecule has 1 fully saturated rings. The highest BCUT2D eigenvalue weighted by Crippen LogP contribution is 2.22. The molecule has 1 atom stereocenters. The highest BCUT2D eigenvalue weighted by atomic mass is 15.2. The molecule has 0 N–H and O–H groups in total. The van der Waals surface area contributed by atoms with Gasteiger partial charge in [0.2, 0.25) is 0 Å². The summed E-state index contributed by atoms with van der Waals surface area (Å²) in [5.41, 5.74) is 2.10. The molecule has 1 saturated heterocycles. The van der Waals surface area contributed by atoms with E-state index in [0.717, 1.165) is 41.8 Å². The lowest BCUT2D eigenvalue weighted by molar-refractivity contribution is 0.395. The second-order valence-corrected chi connectivity index (χ2v) is 6.43. The van der Waals surface area contributed by atoms with Gasteiger partial charge in [0, 0.05) is 49.9 Å². The van der Waals surface area contributed by atoms with Crippen LogP contribution in [-0.2, 0) is 6.42 Å². The van der Waals surface area contributed by atoms with Crippen LogP contribution in [0.5, 0.6) is 0 Å². The Morgan fingerprint density at radius 2 is 2.04 bits per heavy atom. The van der Waals surface area contributed by atoms with Crippen molar-refractivity contribution in [3.05, 3.63) is 36.3 Å². The predicted molar refractivity (Wildman–Crippen MR) is 93.5 cm³/mol. The summed E-state index contributed by atoms with van der Waals surface area (Å²) in [5.74, 6) is 2.52. The van der Waals surface area contributed by atoms with Crippen molar-refractivity contribution in [2.45, 2.75) is 19.8 Å². The van der Waals surface area contributed by atoms with Crippen molar-refractivity contribution in [1.82, 2.24) is 19.9 Å². The van der Waals surface area contributed by atoms with Gasteiger partial charge in [0.15, 0.2) is 5.82 Å². The van der Waals surface area contributed by atoms with E-state index in [1.54, 1.807) is 12.4 Å². The van der Waals surface area contributed by atoms with Crippen LogP contribution in [0.1, 0.15) is 19.0 Å².